The minimum Gasteiger partial charge on any atom is -0.490 e. The molecule has 0 spiro atoms. The number of hydrogen-bond donors (Lipinski definition) is 0. The first-order valence-electron chi connectivity index (χ1n) is 12.2. The molecular weight excluding hydrogens is 468 g/mol. The number of likely N-dealkylation sites (tertiary alicyclic amines) is 1. The highest BCUT2D eigenvalue weighted by atomic mass is 35.5. The van der Waals surface area contributed by atoms with Crippen LogP contribution in [0.3, 0.4) is 0 Å². The molecule has 2 aromatic heterocycles. The highest BCUT2D eigenvalue weighted by Gasteiger charge is 2.36. The van der Waals surface area contributed by atoms with E-state index < -0.39 is 0 Å². The van der Waals surface area contributed by atoms with Gasteiger partial charge in [-0.2, -0.15) is 0 Å². The second-order valence-corrected chi connectivity index (χ2v) is 10.8. The van der Waals surface area contributed by atoms with Gasteiger partial charge in [-0.15, -0.1) is 11.3 Å². The van der Waals surface area contributed by atoms with Crippen molar-refractivity contribution < 1.29 is 14.3 Å². The Labute approximate surface area is 209 Å². The molecule has 5 rings (SSSR count). The summed E-state index contributed by atoms with van der Waals surface area (Å²) >= 11 is 8.11. The predicted molar refractivity (Wildman–Crippen MR) is 136 cm³/mol. The number of amides is 2. The average molecular weight is 497 g/mol. The quantitative estimate of drug-likeness (QED) is 0.337. The lowest BCUT2D eigenvalue weighted by atomic mass is 9.97. The SMILES string of the molecule is CC[C@@H](c1cc2nccc(-c3cc(Cl)cc(C)c3OC3CCCCC3)c2s1)N1C(=O)CCC1=O. The highest BCUT2D eigenvalue weighted by molar-refractivity contribution is 7.19. The number of carbonyl (C=O) groups excluding carboxylic acids is 2. The van der Waals surface area contributed by atoms with Gasteiger partial charge in [0.2, 0.25) is 11.8 Å². The second-order valence-electron chi connectivity index (χ2n) is 9.28. The number of benzene rings is 1. The third kappa shape index (κ3) is 4.34. The number of hydrogen-bond acceptors (Lipinski definition) is 5. The number of pyridine rings is 1. The van der Waals surface area contributed by atoms with Crippen LogP contribution in [0.5, 0.6) is 5.75 Å². The molecular formula is C27H29ClN2O3S. The van der Waals surface area contributed by atoms with E-state index in [1.54, 1.807) is 11.3 Å². The van der Waals surface area contributed by atoms with E-state index in [1.165, 1.54) is 24.2 Å². The van der Waals surface area contributed by atoms with Gasteiger partial charge in [0, 0.05) is 40.1 Å². The Balaban J connectivity index is 1.59. The summed E-state index contributed by atoms with van der Waals surface area (Å²) in [7, 11) is 0. The molecule has 1 saturated heterocycles. The van der Waals surface area contributed by atoms with Crippen LogP contribution in [0.15, 0.2) is 30.5 Å². The molecule has 0 N–H and O–H groups in total. The number of rotatable bonds is 6. The van der Waals surface area contributed by atoms with E-state index in [0.29, 0.717) is 24.3 Å². The summed E-state index contributed by atoms with van der Waals surface area (Å²) in [4.78, 5) is 31.9. The normalized spacial score (nSPS) is 18.1. The molecule has 0 radical (unpaired) electrons. The number of fused-ring (bicyclic) bond motifs is 1. The van der Waals surface area contributed by atoms with Gasteiger partial charge in [-0.05, 0) is 68.9 Å². The summed E-state index contributed by atoms with van der Waals surface area (Å²) in [6.07, 6.45) is 9.13. The maximum absolute atomic E-state index is 12.4. The Hall–Kier alpha value is -2.44. The average Bonchev–Trinajstić information content (AvgIpc) is 3.40. The lowest BCUT2D eigenvalue weighted by Gasteiger charge is -2.26. The van der Waals surface area contributed by atoms with Crippen molar-refractivity contribution in [2.24, 2.45) is 0 Å². The van der Waals surface area contributed by atoms with Crippen molar-refractivity contribution in [1.29, 1.82) is 0 Å². The van der Waals surface area contributed by atoms with Crippen LogP contribution in [0, 0.1) is 6.92 Å². The summed E-state index contributed by atoms with van der Waals surface area (Å²) in [6, 6.07) is 7.71. The first-order valence-corrected chi connectivity index (χ1v) is 13.4. The van der Waals surface area contributed by atoms with Crippen LogP contribution in [0.4, 0.5) is 0 Å². The molecule has 2 aliphatic rings. The van der Waals surface area contributed by atoms with Crippen LogP contribution in [0.2, 0.25) is 5.02 Å². The first-order chi connectivity index (χ1) is 16.5. The van der Waals surface area contributed by atoms with Crippen LogP contribution in [-0.2, 0) is 9.59 Å². The maximum atomic E-state index is 12.4. The van der Waals surface area contributed by atoms with Gasteiger partial charge >= 0.3 is 0 Å². The van der Waals surface area contributed by atoms with Gasteiger partial charge in [0.25, 0.3) is 0 Å². The number of halogens is 1. The lowest BCUT2D eigenvalue weighted by molar-refractivity contribution is -0.141. The Bertz CT molecular complexity index is 1230. The zero-order valence-corrected chi connectivity index (χ0v) is 21.2. The molecule has 3 heterocycles. The molecule has 1 aliphatic carbocycles. The van der Waals surface area contributed by atoms with Crippen LogP contribution in [0.25, 0.3) is 21.3 Å². The molecule has 1 atom stereocenters. The Kier molecular flexibility index (Phi) is 6.63. The minimum atomic E-state index is -0.256. The smallest absolute Gasteiger partial charge is 0.230 e. The second kappa shape index (κ2) is 9.67. The van der Waals surface area contributed by atoms with Crippen LogP contribution in [0.1, 0.15) is 74.8 Å². The number of ether oxygens (including phenoxy) is 1. The number of nitrogens with zero attached hydrogens (tertiary/aromatic N) is 2. The summed E-state index contributed by atoms with van der Waals surface area (Å²) in [5.74, 6) is 0.711. The summed E-state index contributed by atoms with van der Waals surface area (Å²) in [5.41, 5.74) is 3.87. The van der Waals surface area contributed by atoms with Crippen LogP contribution >= 0.6 is 22.9 Å². The molecule has 178 valence electrons. The van der Waals surface area contributed by atoms with Gasteiger partial charge in [-0.3, -0.25) is 19.5 Å². The van der Waals surface area contributed by atoms with Gasteiger partial charge in [0.05, 0.1) is 22.4 Å². The monoisotopic (exact) mass is 496 g/mol. The third-order valence-electron chi connectivity index (χ3n) is 6.91. The largest absolute Gasteiger partial charge is 0.490 e. The summed E-state index contributed by atoms with van der Waals surface area (Å²) in [6.45, 7) is 4.06. The van der Waals surface area contributed by atoms with Crippen molar-refractivity contribution >= 4 is 45.0 Å². The summed E-state index contributed by atoms with van der Waals surface area (Å²) in [5, 5.41) is 0.671. The molecule has 5 nitrogen and oxygen atoms in total. The van der Waals surface area contributed by atoms with E-state index in [1.807, 2.05) is 44.3 Å². The van der Waals surface area contributed by atoms with E-state index in [9.17, 15) is 9.59 Å². The Morgan fingerprint density at radius 3 is 2.56 bits per heavy atom. The number of aromatic nitrogens is 1. The van der Waals surface area contributed by atoms with Gasteiger partial charge < -0.3 is 4.74 Å². The molecule has 0 bridgehead atoms. The standard InChI is InChI=1S/C27H29ClN2O3S/c1-3-22(30-24(31)9-10-25(30)32)23-15-21-27(34-23)19(11-12-29-21)20-14-17(28)13-16(2)26(20)33-18-7-5-4-6-8-18/h11-15,18,22H,3-10H2,1-2H3/t22-/m0/s1. The number of thiophene rings is 1. The Morgan fingerprint density at radius 1 is 1.12 bits per heavy atom. The molecule has 0 unspecified atom stereocenters. The minimum absolute atomic E-state index is 0.0869. The molecule has 34 heavy (non-hydrogen) atoms. The van der Waals surface area contributed by atoms with Gasteiger partial charge in [-0.25, -0.2) is 0 Å². The number of aryl methyl sites for hydroxylation is 1. The van der Waals surface area contributed by atoms with E-state index in [2.05, 4.69) is 4.98 Å². The first kappa shape index (κ1) is 23.3. The van der Waals surface area contributed by atoms with Crippen molar-refractivity contribution in [3.8, 4) is 16.9 Å². The van der Waals surface area contributed by atoms with E-state index in [4.69, 9.17) is 16.3 Å². The number of imide groups is 1. The third-order valence-corrected chi connectivity index (χ3v) is 8.39. The molecule has 3 aromatic rings. The molecule has 1 aliphatic heterocycles. The van der Waals surface area contributed by atoms with Crippen molar-refractivity contribution in [1.82, 2.24) is 9.88 Å². The van der Waals surface area contributed by atoms with Crippen molar-refractivity contribution in [2.45, 2.75) is 77.4 Å². The zero-order chi connectivity index (χ0) is 23.8. The zero-order valence-electron chi connectivity index (χ0n) is 19.6. The van der Waals surface area contributed by atoms with E-state index in [-0.39, 0.29) is 24.0 Å². The van der Waals surface area contributed by atoms with E-state index >= 15 is 0 Å². The van der Waals surface area contributed by atoms with Gasteiger partial charge in [-0.1, -0.05) is 24.9 Å². The molecule has 7 heteroatoms. The van der Waals surface area contributed by atoms with Crippen molar-refractivity contribution in [2.75, 3.05) is 0 Å². The highest BCUT2D eigenvalue weighted by Crippen LogP contribution is 2.44. The fourth-order valence-electron chi connectivity index (χ4n) is 5.22. The van der Waals surface area contributed by atoms with Crippen LogP contribution in [-0.4, -0.2) is 27.8 Å². The molecule has 1 saturated carbocycles. The number of carbonyl (C=O) groups is 2. The topological polar surface area (TPSA) is 59.5 Å². The van der Waals surface area contributed by atoms with Gasteiger partial charge in [0.15, 0.2) is 0 Å². The summed E-state index contributed by atoms with van der Waals surface area (Å²) < 4.78 is 7.61. The maximum Gasteiger partial charge on any atom is 0.230 e. The fraction of sp³-hybridized carbons (Fsp3) is 0.444. The predicted octanol–water partition coefficient (Wildman–Crippen LogP) is 7.24. The van der Waals surface area contributed by atoms with Crippen LogP contribution < -0.4 is 4.74 Å². The van der Waals surface area contributed by atoms with E-state index in [0.717, 1.165) is 50.4 Å². The molecule has 2 fully saturated rings. The Morgan fingerprint density at radius 2 is 1.85 bits per heavy atom. The van der Waals surface area contributed by atoms with Crippen molar-refractivity contribution in [3.05, 3.63) is 45.9 Å². The molecule has 2 amide bonds. The lowest BCUT2D eigenvalue weighted by Crippen LogP contribution is -2.32. The van der Waals surface area contributed by atoms with Crippen molar-refractivity contribution in [3.63, 3.8) is 0 Å². The van der Waals surface area contributed by atoms with Gasteiger partial charge in [0.1, 0.15) is 5.75 Å². The molecule has 1 aromatic carbocycles. The fourth-order valence-corrected chi connectivity index (χ4v) is 6.81.